The standard InChI is InChI=1S/C24H26O2.C2H6/c1-23(2,17-8-12-21(25)13-9-17)19-6-5-7-20(16-19)24(3,4)18-10-14-22(26)15-11-18;1-2/h5-16,25-26H,1-4H3;1-2H3. The maximum absolute atomic E-state index is 9.57. The number of hydrogen-bond donors (Lipinski definition) is 2. The van der Waals surface area contributed by atoms with E-state index in [1.165, 1.54) is 11.1 Å². The Kier molecular flexibility index (Phi) is 6.56. The van der Waals surface area contributed by atoms with Crippen molar-refractivity contribution in [3.8, 4) is 11.5 Å². The number of phenols is 2. The van der Waals surface area contributed by atoms with E-state index in [4.69, 9.17) is 0 Å². The molecule has 0 spiro atoms. The van der Waals surface area contributed by atoms with E-state index in [1.54, 1.807) is 24.3 Å². The largest absolute Gasteiger partial charge is 0.508 e. The van der Waals surface area contributed by atoms with E-state index in [0.717, 1.165) is 11.1 Å². The molecule has 148 valence electrons. The third-order valence-corrected chi connectivity index (χ3v) is 5.48. The molecule has 2 nitrogen and oxygen atoms in total. The molecule has 0 aliphatic carbocycles. The number of benzene rings is 3. The van der Waals surface area contributed by atoms with Crippen LogP contribution < -0.4 is 0 Å². The van der Waals surface area contributed by atoms with Crippen LogP contribution in [0, 0.1) is 0 Å². The van der Waals surface area contributed by atoms with E-state index in [2.05, 4.69) is 52.0 Å². The van der Waals surface area contributed by atoms with Gasteiger partial charge in [-0.2, -0.15) is 0 Å². The summed E-state index contributed by atoms with van der Waals surface area (Å²) in [6.07, 6.45) is 0. The SMILES string of the molecule is CC.CC(C)(c1ccc(O)cc1)c1cccc(C(C)(C)c2ccc(O)cc2)c1. The summed E-state index contributed by atoms with van der Waals surface area (Å²) >= 11 is 0. The molecule has 3 rings (SSSR count). The van der Waals surface area contributed by atoms with Crippen LogP contribution in [-0.4, -0.2) is 10.2 Å². The Morgan fingerprint density at radius 1 is 0.500 bits per heavy atom. The van der Waals surface area contributed by atoms with Gasteiger partial charge in [0.1, 0.15) is 11.5 Å². The Bertz CT molecular complexity index is 816. The Labute approximate surface area is 169 Å². The van der Waals surface area contributed by atoms with E-state index in [0.29, 0.717) is 0 Å². The summed E-state index contributed by atoms with van der Waals surface area (Å²) < 4.78 is 0. The molecule has 0 saturated carbocycles. The minimum absolute atomic E-state index is 0.172. The van der Waals surface area contributed by atoms with Crippen LogP contribution in [0.25, 0.3) is 0 Å². The zero-order valence-corrected chi connectivity index (χ0v) is 17.8. The van der Waals surface area contributed by atoms with Crippen molar-refractivity contribution >= 4 is 0 Å². The molecule has 2 N–H and O–H groups in total. The second-order valence-electron chi connectivity index (χ2n) is 7.92. The zero-order chi connectivity index (χ0) is 20.9. The summed E-state index contributed by atoms with van der Waals surface area (Å²) in [5.74, 6) is 0.568. The van der Waals surface area contributed by atoms with Gasteiger partial charge in [0, 0.05) is 10.8 Å². The Hall–Kier alpha value is -2.74. The normalized spacial score (nSPS) is 11.5. The van der Waals surface area contributed by atoms with Gasteiger partial charge in [-0.05, 0) is 46.5 Å². The number of phenolic OH excluding ortho intramolecular Hbond substituents is 2. The maximum atomic E-state index is 9.57. The molecule has 2 heteroatoms. The molecule has 0 aliphatic heterocycles. The highest BCUT2D eigenvalue weighted by atomic mass is 16.3. The van der Waals surface area contributed by atoms with E-state index in [1.807, 2.05) is 38.1 Å². The van der Waals surface area contributed by atoms with E-state index in [-0.39, 0.29) is 22.3 Å². The predicted molar refractivity (Wildman–Crippen MR) is 118 cm³/mol. The Balaban J connectivity index is 0.00000136. The van der Waals surface area contributed by atoms with Crippen LogP contribution >= 0.6 is 0 Å². The van der Waals surface area contributed by atoms with Crippen molar-refractivity contribution in [3.63, 3.8) is 0 Å². The number of rotatable bonds is 4. The second kappa shape index (κ2) is 8.52. The summed E-state index contributed by atoms with van der Waals surface area (Å²) in [5.41, 5.74) is 4.44. The lowest BCUT2D eigenvalue weighted by atomic mass is 9.73. The fourth-order valence-corrected chi connectivity index (χ4v) is 3.39. The minimum Gasteiger partial charge on any atom is -0.508 e. The van der Waals surface area contributed by atoms with E-state index in [9.17, 15) is 10.2 Å². The molecule has 0 bridgehead atoms. The van der Waals surface area contributed by atoms with Gasteiger partial charge < -0.3 is 10.2 Å². The molecule has 0 fully saturated rings. The molecule has 0 aliphatic rings. The van der Waals surface area contributed by atoms with Crippen molar-refractivity contribution in [3.05, 3.63) is 95.1 Å². The molecule has 0 amide bonds. The molecule has 0 atom stereocenters. The second-order valence-corrected chi connectivity index (χ2v) is 7.92. The number of hydrogen-bond acceptors (Lipinski definition) is 2. The van der Waals surface area contributed by atoms with Gasteiger partial charge in [0.15, 0.2) is 0 Å². The lowest BCUT2D eigenvalue weighted by Crippen LogP contribution is -2.22. The van der Waals surface area contributed by atoms with Gasteiger partial charge in [-0.25, -0.2) is 0 Å². The first-order chi connectivity index (χ1) is 13.2. The smallest absolute Gasteiger partial charge is 0.115 e. The van der Waals surface area contributed by atoms with Gasteiger partial charge in [0.25, 0.3) is 0 Å². The van der Waals surface area contributed by atoms with Crippen LogP contribution in [0.15, 0.2) is 72.8 Å². The summed E-state index contributed by atoms with van der Waals surface area (Å²) in [6, 6.07) is 23.5. The first kappa shape index (κ1) is 21.6. The van der Waals surface area contributed by atoms with Gasteiger partial charge in [-0.3, -0.25) is 0 Å². The summed E-state index contributed by atoms with van der Waals surface area (Å²) in [6.45, 7) is 12.8. The predicted octanol–water partition coefficient (Wildman–Crippen LogP) is 6.78. The van der Waals surface area contributed by atoms with E-state index < -0.39 is 0 Å². The van der Waals surface area contributed by atoms with Crippen LogP contribution in [0.3, 0.4) is 0 Å². The van der Waals surface area contributed by atoms with Crippen molar-refractivity contribution in [1.29, 1.82) is 0 Å². The summed E-state index contributed by atoms with van der Waals surface area (Å²) in [7, 11) is 0. The Morgan fingerprint density at radius 3 is 1.14 bits per heavy atom. The molecule has 0 radical (unpaired) electrons. The molecule has 3 aromatic rings. The molecule has 0 heterocycles. The van der Waals surface area contributed by atoms with Crippen LogP contribution in [0.5, 0.6) is 11.5 Å². The van der Waals surface area contributed by atoms with Gasteiger partial charge >= 0.3 is 0 Å². The quantitative estimate of drug-likeness (QED) is 0.527. The highest BCUT2D eigenvalue weighted by molar-refractivity contribution is 5.45. The van der Waals surface area contributed by atoms with Crippen molar-refractivity contribution in [2.45, 2.75) is 52.4 Å². The van der Waals surface area contributed by atoms with Crippen LogP contribution in [0.2, 0.25) is 0 Å². The fraction of sp³-hybridized carbons (Fsp3) is 0.308. The third-order valence-electron chi connectivity index (χ3n) is 5.48. The van der Waals surface area contributed by atoms with Crippen molar-refractivity contribution in [2.24, 2.45) is 0 Å². The van der Waals surface area contributed by atoms with E-state index >= 15 is 0 Å². The molecule has 0 unspecified atom stereocenters. The molecule has 3 aromatic carbocycles. The van der Waals surface area contributed by atoms with Crippen molar-refractivity contribution in [2.75, 3.05) is 0 Å². The summed E-state index contributed by atoms with van der Waals surface area (Å²) in [5, 5.41) is 19.1. The lowest BCUT2D eigenvalue weighted by molar-refractivity contribution is 0.474. The zero-order valence-electron chi connectivity index (χ0n) is 17.8. The average Bonchev–Trinajstić information content (AvgIpc) is 2.70. The van der Waals surface area contributed by atoms with Crippen LogP contribution in [-0.2, 0) is 10.8 Å². The monoisotopic (exact) mass is 376 g/mol. The van der Waals surface area contributed by atoms with Gasteiger partial charge in [-0.1, -0.05) is 90.1 Å². The average molecular weight is 377 g/mol. The maximum Gasteiger partial charge on any atom is 0.115 e. The molecule has 0 aromatic heterocycles. The van der Waals surface area contributed by atoms with Gasteiger partial charge in [0.2, 0.25) is 0 Å². The lowest BCUT2D eigenvalue weighted by Gasteiger charge is -2.31. The van der Waals surface area contributed by atoms with Crippen molar-refractivity contribution in [1.82, 2.24) is 0 Å². The number of aromatic hydroxyl groups is 2. The molecular weight excluding hydrogens is 344 g/mol. The highest BCUT2D eigenvalue weighted by Gasteiger charge is 2.27. The fourth-order valence-electron chi connectivity index (χ4n) is 3.39. The summed E-state index contributed by atoms with van der Waals surface area (Å²) in [4.78, 5) is 0. The minimum atomic E-state index is -0.172. The van der Waals surface area contributed by atoms with Crippen LogP contribution in [0.4, 0.5) is 0 Å². The van der Waals surface area contributed by atoms with Gasteiger partial charge in [0.05, 0.1) is 0 Å². The van der Waals surface area contributed by atoms with Crippen molar-refractivity contribution < 1.29 is 10.2 Å². The van der Waals surface area contributed by atoms with Gasteiger partial charge in [-0.15, -0.1) is 0 Å². The molecule has 28 heavy (non-hydrogen) atoms. The third kappa shape index (κ3) is 4.39. The molecular formula is C26H32O2. The first-order valence-corrected chi connectivity index (χ1v) is 9.91. The highest BCUT2D eigenvalue weighted by Crippen LogP contribution is 2.37. The first-order valence-electron chi connectivity index (χ1n) is 9.91. The van der Waals surface area contributed by atoms with Crippen LogP contribution in [0.1, 0.15) is 63.8 Å². The molecule has 0 saturated heterocycles. The Morgan fingerprint density at radius 2 is 0.821 bits per heavy atom. The topological polar surface area (TPSA) is 40.5 Å².